The van der Waals surface area contributed by atoms with Crippen molar-refractivity contribution in [2.75, 3.05) is 13.9 Å². The number of ether oxygens (including phenoxy) is 3. The van der Waals surface area contributed by atoms with E-state index in [0.717, 1.165) is 16.9 Å². The lowest BCUT2D eigenvalue weighted by atomic mass is 10.2. The van der Waals surface area contributed by atoms with Crippen molar-refractivity contribution in [2.24, 2.45) is 0 Å². The lowest BCUT2D eigenvalue weighted by Gasteiger charge is -2.07. The van der Waals surface area contributed by atoms with Gasteiger partial charge in [-0.25, -0.2) is 4.79 Å². The standard InChI is InChI=1S/C17H18O4/c1-13-3-7-15(8-4-13)17(18)21-12-20-11-14-5-9-16(19-2)10-6-14/h3-10H,11-12H2,1-2H3. The summed E-state index contributed by atoms with van der Waals surface area (Å²) in [6.45, 7) is 2.27. The molecule has 0 saturated carbocycles. The Labute approximate surface area is 124 Å². The van der Waals surface area contributed by atoms with Gasteiger partial charge in [-0.1, -0.05) is 29.8 Å². The van der Waals surface area contributed by atoms with E-state index in [1.165, 1.54) is 0 Å². The minimum absolute atomic E-state index is 0.0707. The summed E-state index contributed by atoms with van der Waals surface area (Å²) >= 11 is 0. The third-order valence-electron chi connectivity index (χ3n) is 2.99. The minimum Gasteiger partial charge on any atom is -0.497 e. The molecule has 0 amide bonds. The maximum Gasteiger partial charge on any atom is 0.340 e. The lowest BCUT2D eigenvalue weighted by molar-refractivity contribution is -0.0381. The first kappa shape index (κ1) is 15.1. The Balaban J connectivity index is 1.73. The number of rotatable bonds is 6. The predicted molar refractivity (Wildman–Crippen MR) is 79.2 cm³/mol. The summed E-state index contributed by atoms with van der Waals surface area (Å²) in [5, 5.41) is 0. The second-order valence-electron chi connectivity index (χ2n) is 4.61. The molecule has 0 aliphatic carbocycles. The fourth-order valence-electron chi connectivity index (χ4n) is 1.75. The summed E-state index contributed by atoms with van der Waals surface area (Å²) in [7, 11) is 1.62. The number of hydrogen-bond acceptors (Lipinski definition) is 4. The zero-order valence-electron chi connectivity index (χ0n) is 12.2. The maximum absolute atomic E-state index is 11.7. The van der Waals surface area contributed by atoms with E-state index in [0.29, 0.717) is 12.2 Å². The van der Waals surface area contributed by atoms with Crippen LogP contribution in [0, 0.1) is 6.92 Å². The molecule has 0 aliphatic rings. The summed E-state index contributed by atoms with van der Waals surface area (Å²) in [6.07, 6.45) is 0. The molecule has 2 aromatic rings. The van der Waals surface area contributed by atoms with E-state index in [1.54, 1.807) is 19.2 Å². The van der Waals surface area contributed by atoms with E-state index in [9.17, 15) is 4.79 Å². The Hall–Kier alpha value is -2.33. The highest BCUT2D eigenvalue weighted by atomic mass is 16.7. The highest BCUT2D eigenvalue weighted by Crippen LogP contribution is 2.12. The molecule has 0 aromatic heterocycles. The topological polar surface area (TPSA) is 44.8 Å². The number of aryl methyl sites for hydroxylation is 1. The second kappa shape index (κ2) is 7.45. The van der Waals surface area contributed by atoms with Crippen LogP contribution in [0.1, 0.15) is 21.5 Å². The Morgan fingerprint density at radius 2 is 1.67 bits per heavy atom. The van der Waals surface area contributed by atoms with Crippen LogP contribution in [-0.4, -0.2) is 19.9 Å². The molecular formula is C17H18O4. The van der Waals surface area contributed by atoms with Crippen LogP contribution in [0.5, 0.6) is 5.75 Å². The van der Waals surface area contributed by atoms with Gasteiger partial charge in [-0.15, -0.1) is 0 Å². The average molecular weight is 286 g/mol. The lowest BCUT2D eigenvalue weighted by Crippen LogP contribution is -2.08. The van der Waals surface area contributed by atoms with Gasteiger partial charge in [0.2, 0.25) is 0 Å². The molecular weight excluding hydrogens is 268 g/mol. The molecule has 0 bridgehead atoms. The molecule has 110 valence electrons. The van der Waals surface area contributed by atoms with E-state index in [4.69, 9.17) is 14.2 Å². The van der Waals surface area contributed by atoms with Gasteiger partial charge in [0.1, 0.15) is 5.75 Å². The minimum atomic E-state index is -0.385. The molecule has 4 heteroatoms. The number of methoxy groups -OCH3 is 1. The number of carbonyl (C=O) groups is 1. The Kier molecular flexibility index (Phi) is 5.35. The summed E-state index contributed by atoms with van der Waals surface area (Å²) < 4.78 is 15.4. The van der Waals surface area contributed by atoms with Gasteiger partial charge in [-0.2, -0.15) is 0 Å². The van der Waals surface area contributed by atoms with Crippen molar-refractivity contribution < 1.29 is 19.0 Å². The van der Waals surface area contributed by atoms with Crippen molar-refractivity contribution in [1.29, 1.82) is 0 Å². The van der Waals surface area contributed by atoms with Gasteiger partial charge in [0.25, 0.3) is 0 Å². The van der Waals surface area contributed by atoms with Crippen molar-refractivity contribution in [1.82, 2.24) is 0 Å². The van der Waals surface area contributed by atoms with Gasteiger partial charge in [-0.05, 0) is 36.8 Å². The molecule has 2 aromatic carbocycles. The van der Waals surface area contributed by atoms with Crippen LogP contribution in [-0.2, 0) is 16.1 Å². The van der Waals surface area contributed by atoms with E-state index in [2.05, 4.69) is 0 Å². The Bertz CT molecular complexity index is 573. The largest absolute Gasteiger partial charge is 0.497 e. The second-order valence-corrected chi connectivity index (χ2v) is 4.61. The van der Waals surface area contributed by atoms with Crippen molar-refractivity contribution in [3.63, 3.8) is 0 Å². The summed E-state index contributed by atoms with van der Waals surface area (Å²) in [6, 6.07) is 14.7. The number of hydrogen-bond donors (Lipinski definition) is 0. The third-order valence-corrected chi connectivity index (χ3v) is 2.99. The summed E-state index contributed by atoms with van der Waals surface area (Å²) in [4.78, 5) is 11.7. The number of carbonyl (C=O) groups excluding carboxylic acids is 1. The molecule has 0 aliphatic heterocycles. The average Bonchev–Trinajstić information content (AvgIpc) is 2.52. The van der Waals surface area contributed by atoms with Crippen LogP contribution in [0.15, 0.2) is 48.5 Å². The first-order valence-corrected chi connectivity index (χ1v) is 6.63. The maximum atomic E-state index is 11.7. The molecule has 0 radical (unpaired) electrons. The van der Waals surface area contributed by atoms with Gasteiger partial charge in [0.15, 0.2) is 6.79 Å². The van der Waals surface area contributed by atoms with Crippen LogP contribution in [0.4, 0.5) is 0 Å². The monoisotopic (exact) mass is 286 g/mol. The number of benzene rings is 2. The van der Waals surface area contributed by atoms with Gasteiger partial charge < -0.3 is 14.2 Å². The molecule has 0 atom stereocenters. The molecule has 0 N–H and O–H groups in total. The SMILES string of the molecule is COc1ccc(COCOC(=O)c2ccc(C)cc2)cc1. The Morgan fingerprint density at radius 3 is 2.29 bits per heavy atom. The molecule has 0 fully saturated rings. The highest BCUT2D eigenvalue weighted by molar-refractivity contribution is 5.89. The fourth-order valence-corrected chi connectivity index (χ4v) is 1.75. The van der Waals surface area contributed by atoms with Crippen LogP contribution in [0.2, 0.25) is 0 Å². The smallest absolute Gasteiger partial charge is 0.340 e. The van der Waals surface area contributed by atoms with E-state index in [-0.39, 0.29) is 12.8 Å². The van der Waals surface area contributed by atoms with Crippen molar-refractivity contribution in [3.8, 4) is 5.75 Å². The van der Waals surface area contributed by atoms with E-state index in [1.807, 2.05) is 43.3 Å². The zero-order valence-corrected chi connectivity index (χ0v) is 12.2. The van der Waals surface area contributed by atoms with Crippen molar-refractivity contribution in [2.45, 2.75) is 13.5 Å². The van der Waals surface area contributed by atoms with Crippen LogP contribution in [0.3, 0.4) is 0 Å². The molecule has 0 spiro atoms. The predicted octanol–water partition coefficient (Wildman–Crippen LogP) is 3.33. The zero-order chi connectivity index (χ0) is 15.1. The quantitative estimate of drug-likeness (QED) is 0.464. The van der Waals surface area contributed by atoms with Gasteiger partial charge >= 0.3 is 5.97 Å². The fraction of sp³-hybridized carbons (Fsp3) is 0.235. The number of esters is 1. The molecule has 4 nitrogen and oxygen atoms in total. The third kappa shape index (κ3) is 4.61. The van der Waals surface area contributed by atoms with Gasteiger partial charge in [-0.3, -0.25) is 0 Å². The summed E-state index contributed by atoms with van der Waals surface area (Å²) in [5.41, 5.74) is 2.61. The van der Waals surface area contributed by atoms with E-state index < -0.39 is 0 Å². The highest BCUT2D eigenvalue weighted by Gasteiger charge is 2.06. The molecule has 21 heavy (non-hydrogen) atoms. The first-order chi connectivity index (χ1) is 10.2. The molecule has 0 heterocycles. The van der Waals surface area contributed by atoms with Crippen molar-refractivity contribution in [3.05, 3.63) is 65.2 Å². The van der Waals surface area contributed by atoms with Crippen LogP contribution < -0.4 is 4.74 Å². The molecule has 0 unspecified atom stereocenters. The van der Waals surface area contributed by atoms with Crippen molar-refractivity contribution >= 4 is 5.97 Å². The molecule has 0 saturated heterocycles. The Morgan fingerprint density at radius 1 is 1.00 bits per heavy atom. The van der Waals surface area contributed by atoms with E-state index >= 15 is 0 Å². The van der Waals surface area contributed by atoms with Gasteiger partial charge in [0.05, 0.1) is 19.3 Å². The normalized spacial score (nSPS) is 10.2. The van der Waals surface area contributed by atoms with Crippen LogP contribution in [0.25, 0.3) is 0 Å². The summed E-state index contributed by atoms with van der Waals surface area (Å²) in [5.74, 6) is 0.411. The first-order valence-electron chi connectivity index (χ1n) is 6.63. The van der Waals surface area contributed by atoms with Crippen LogP contribution >= 0.6 is 0 Å². The van der Waals surface area contributed by atoms with Gasteiger partial charge in [0, 0.05) is 0 Å². The molecule has 2 rings (SSSR count).